The van der Waals surface area contributed by atoms with E-state index in [1.54, 1.807) is 0 Å². The summed E-state index contributed by atoms with van der Waals surface area (Å²) in [7, 11) is 0. The summed E-state index contributed by atoms with van der Waals surface area (Å²) >= 11 is 0. The monoisotopic (exact) mass is 181 g/mol. The van der Waals surface area contributed by atoms with Crippen LogP contribution in [0.4, 0.5) is 10.1 Å². The predicted octanol–water partition coefficient (Wildman–Crippen LogP) is 0.666. The molecule has 13 heavy (non-hydrogen) atoms. The molecule has 1 heterocycles. The number of halogens is 1. The molecule has 4 nitrogen and oxygen atoms in total. The number of benzene rings is 1. The molecule has 1 aromatic carbocycles. The fraction of sp³-hybridized carbons (Fsp3) is 0. The van der Waals surface area contributed by atoms with Gasteiger partial charge in [-0.05, 0) is 12.1 Å². The highest BCUT2D eigenvalue weighted by Gasteiger charge is 2.31. The molecule has 0 fully saturated rings. The third kappa shape index (κ3) is 0.900. The number of fused-ring (bicyclic) bond motifs is 1. The van der Waals surface area contributed by atoms with Crippen LogP contribution in [0.3, 0.4) is 0 Å². The Morgan fingerprint density at radius 2 is 2.00 bits per heavy atom. The summed E-state index contributed by atoms with van der Waals surface area (Å²) < 4.78 is 13.0. The molecule has 1 aromatic rings. The second kappa shape index (κ2) is 2.29. The van der Waals surface area contributed by atoms with Crippen LogP contribution in [0.5, 0.6) is 5.75 Å². The number of anilines is 1. The molecule has 2 N–H and O–H groups in total. The zero-order valence-corrected chi connectivity index (χ0v) is 6.30. The molecule has 0 aliphatic carbocycles. The lowest BCUT2D eigenvalue weighted by Gasteiger charge is -1.99. The summed E-state index contributed by atoms with van der Waals surface area (Å²) in [6, 6.07) is 2.24. The van der Waals surface area contributed by atoms with Gasteiger partial charge < -0.3 is 10.4 Å². The molecule has 0 saturated heterocycles. The fourth-order valence-electron chi connectivity index (χ4n) is 1.17. The van der Waals surface area contributed by atoms with Crippen LogP contribution < -0.4 is 5.32 Å². The van der Waals surface area contributed by atoms with Crippen molar-refractivity contribution in [1.29, 1.82) is 0 Å². The van der Waals surface area contributed by atoms with Gasteiger partial charge in [-0.1, -0.05) is 0 Å². The van der Waals surface area contributed by atoms with Crippen molar-refractivity contribution in [3.05, 3.63) is 23.5 Å². The molecule has 0 saturated carbocycles. The van der Waals surface area contributed by atoms with Crippen molar-refractivity contribution >= 4 is 17.4 Å². The minimum Gasteiger partial charge on any atom is -0.505 e. The van der Waals surface area contributed by atoms with Crippen LogP contribution in [0.2, 0.25) is 0 Å². The molecule has 0 bridgehead atoms. The number of ketones is 1. The van der Waals surface area contributed by atoms with Gasteiger partial charge in [0.2, 0.25) is 0 Å². The molecule has 66 valence electrons. The first-order valence-electron chi connectivity index (χ1n) is 3.48. The van der Waals surface area contributed by atoms with E-state index in [9.17, 15) is 14.0 Å². The number of hydrogen-bond acceptors (Lipinski definition) is 3. The first-order valence-corrected chi connectivity index (χ1v) is 3.48. The van der Waals surface area contributed by atoms with E-state index in [2.05, 4.69) is 0 Å². The van der Waals surface area contributed by atoms with Crippen molar-refractivity contribution in [3.63, 3.8) is 0 Å². The average molecular weight is 181 g/mol. The van der Waals surface area contributed by atoms with Crippen molar-refractivity contribution in [2.75, 3.05) is 5.32 Å². The van der Waals surface area contributed by atoms with Gasteiger partial charge in [-0.3, -0.25) is 9.59 Å². The summed E-state index contributed by atoms with van der Waals surface area (Å²) in [6.07, 6.45) is 0. The van der Waals surface area contributed by atoms with E-state index in [1.807, 2.05) is 5.32 Å². The van der Waals surface area contributed by atoms with E-state index in [0.29, 0.717) is 0 Å². The molecule has 2 rings (SSSR count). The number of rotatable bonds is 0. The van der Waals surface area contributed by atoms with E-state index >= 15 is 0 Å². The first kappa shape index (κ1) is 7.72. The second-order valence-corrected chi connectivity index (χ2v) is 2.60. The zero-order chi connectivity index (χ0) is 9.59. The van der Waals surface area contributed by atoms with Gasteiger partial charge in [0.15, 0.2) is 11.6 Å². The van der Waals surface area contributed by atoms with E-state index in [0.717, 1.165) is 6.07 Å². The number of phenols is 1. The number of Topliss-reactive ketones (excluding diaryl/α,β-unsaturated/α-hetero) is 1. The van der Waals surface area contributed by atoms with Crippen LogP contribution in [0.15, 0.2) is 12.1 Å². The van der Waals surface area contributed by atoms with E-state index in [1.165, 1.54) is 6.07 Å². The number of aromatic hydroxyl groups is 1. The number of nitrogens with one attached hydrogen (secondary N) is 1. The van der Waals surface area contributed by atoms with E-state index < -0.39 is 23.3 Å². The minimum atomic E-state index is -0.975. The smallest absolute Gasteiger partial charge is 0.296 e. The lowest BCUT2D eigenvalue weighted by Crippen LogP contribution is -2.12. The van der Waals surface area contributed by atoms with Gasteiger partial charge in [0.25, 0.3) is 11.7 Å². The van der Waals surface area contributed by atoms with E-state index in [-0.39, 0.29) is 11.3 Å². The molecule has 1 aliphatic rings. The van der Waals surface area contributed by atoms with Gasteiger partial charge in [0.05, 0.1) is 11.3 Å². The maximum absolute atomic E-state index is 13.0. The lowest BCUT2D eigenvalue weighted by molar-refractivity contribution is -0.112. The minimum absolute atomic E-state index is 0.0414. The third-order valence-electron chi connectivity index (χ3n) is 1.81. The lowest BCUT2D eigenvalue weighted by atomic mass is 10.1. The molecule has 0 atom stereocenters. The summed E-state index contributed by atoms with van der Waals surface area (Å²) in [6.45, 7) is 0. The number of amides is 1. The highest BCUT2D eigenvalue weighted by Crippen LogP contribution is 2.31. The Bertz CT molecular complexity index is 428. The molecule has 0 spiro atoms. The normalized spacial score (nSPS) is 14.2. The van der Waals surface area contributed by atoms with Crippen LogP contribution >= 0.6 is 0 Å². The summed E-state index contributed by atoms with van der Waals surface area (Å²) in [5, 5.41) is 11.0. The van der Waals surface area contributed by atoms with Crippen LogP contribution in [0, 0.1) is 5.82 Å². The standard InChI is InChI=1S/C8H4FNO3/c9-5-4(11)2-1-3-6(5)10-8(13)7(3)12/h1-2,11H,(H,10,12,13). The summed E-state index contributed by atoms with van der Waals surface area (Å²) in [4.78, 5) is 21.8. The molecule has 1 amide bonds. The fourth-order valence-corrected chi connectivity index (χ4v) is 1.17. The molecule has 1 aliphatic heterocycles. The Balaban J connectivity index is 2.70. The number of carbonyl (C=O) groups excluding carboxylic acids is 2. The van der Waals surface area contributed by atoms with Gasteiger partial charge in [-0.15, -0.1) is 0 Å². The Hall–Kier alpha value is -1.91. The van der Waals surface area contributed by atoms with Crippen molar-refractivity contribution < 1.29 is 19.1 Å². The number of carbonyl (C=O) groups is 2. The topological polar surface area (TPSA) is 66.4 Å². The van der Waals surface area contributed by atoms with Gasteiger partial charge in [0.1, 0.15) is 0 Å². The summed E-state index contributed by atoms with van der Waals surface area (Å²) in [5.41, 5.74) is -0.282. The Kier molecular flexibility index (Phi) is 1.36. The zero-order valence-electron chi connectivity index (χ0n) is 6.30. The summed E-state index contributed by atoms with van der Waals surface area (Å²) in [5.74, 6) is -3.22. The highest BCUT2D eigenvalue weighted by atomic mass is 19.1. The van der Waals surface area contributed by atoms with Gasteiger partial charge in [-0.2, -0.15) is 0 Å². The molecule has 0 unspecified atom stereocenters. The quantitative estimate of drug-likeness (QED) is 0.578. The first-order chi connectivity index (χ1) is 6.11. The van der Waals surface area contributed by atoms with Crippen molar-refractivity contribution in [3.8, 4) is 5.75 Å². The van der Waals surface area contributed by atoms with Crippen LogP contribution in [-0.4, -0.2) is 16.8 Å². The third-order valence-corrected chi connectivity index (χ3v) is 1.81. The van der Waals surface area contributed by atoms with Crippen molar-refractivity contribution in [2.24, 2.45) is 0 Å². The Labute approximate surface area is 72.0 Å². The Morgan fingerprint density at radius 1 is 1.31 bits per heavy atom. The van der Waals surface area contributed by atoms with Crippen LogP contribution in [-0.2, 0) is 4.79 Å². The predicted molar refractivity (Wildman–Crippen MR) is 41.0 cm³/mol. The van der Waals surface area contributed by atoms with Crippen molar-refractivity contribution in [1.82, 2.24) is 0 Å². The molecule has 0 radical (unpaired) electrons. The second-order valence-electron chi connectivity index (χ2n) is 2.60. The van der Waals surface area contributed by atoms with E-state index in [4.69, 9.17) is 5.11 Å². The molecule has 5 heteroatoms. The maximum atomic E-state index is 13.0. The van der Waals surface area contributed by atoms with Crippen LogP contribution in [0.25, 0.3) is 0 Å². The van der Waals surface area contributed by atoms with Crippen molar-refractivity contribution in [2.45, 2.75) is 0 Å². The molecular weight excluding hydrogens is 177 g/mol. The van der Waals surface area contributed by atoms with Crippen LogP contribution in [0.1, 0.15) is 10.4 Å². The van der Waals surface area contributed by atoms with Gasteiger partial charge >= 0.3 is 0 Å². The maximum Gasteiger partial charge on any atom is 0.296 e. The Morgan fingerprint density at radius 3 is 2.69 bits per heavy atom. The SMILES string of the molecule is O=C1Nc2c(ccc(O)c2F)C1=O. The number of hydrogen-bond donors (Lipinski definition) is 2. The molecular formula is C8H4FNO3. The van der Waals surface area contributed by atoms with Gasteiger partial charge in [-0.25, -0.2) is 4.39 Å². The molecule has 0 aromatic heterocycles. The number of phenolic OH excluding ortho intramolecular Hbond substituents is 1. The average Bonchev–Trinajstić information content (AvgIpc) is 2.38. The largest absolute Gasteiger partial charge is 0.505 e. The van der Waals surface area contributed by atoms with Gasteiger partial charge in [0, 0.05) is 0 Å². The highest BCUT2D eigenvalue weighted by molar-refractivity contribution is 6.51.